The minimum atomic E-state index is 0.0566. The molecule has 2 heterocycles. The van der Waals surface area contributed by atoms with Crippen LogP contribution in [0.25, 0.3) is 21.8 Å². The Labute approximate surface area is 152 Å². The number of hydrogen-bond donors (Lipinski definition) is 2. The largest absolute Gasteiger partial charge is 0.361 e. The number of benzene rings is 2. The lowest BCUT2D eigenvalue weighted by Crippen LogP contribution is -2.26. The fourth-order valence-electron chi connectivity index (χ4n) is 3.40. The van der Waals surface area contributed by atoms with E-state index in [9.17, 15) is 4.79 Å². The third-order valence-electron chi connectivity index (χ3n) is 4.85. The van der Waals surface area contributed by atoms with Crippen LogP contribution in [0.2, 0.25) is 0 Å². The van der Waals surface area contributed by atoms with E-state index in [1.54, 1.807) is 0 Å². The number of hydrogen-bond acceptors (Lipinski definition) is 2. The summed E-state index contributed by atoms with van der Waals surface area (Å²) in [6.07, 6.45) is 5.15. The van der Waals surface area contributed by atoms with Gasteiger partial charge in [-0.15, -0.1) is 0 Å². The number of H-pyrrole nitrogens is 1. The van der Waals surface area contributed by atoms with Crippen LogP contribution < -0.4 is 5.32 Å². The number of amides is 1. The quantitative estimate of drug-likeness (QED) is 0.560. The zero-order chi connectivity index (χ0) is 17.9. The van der Waals surface area contributed by atoms with E-state index < -0.39 is 0 Å². The number of fused-ring (bicyclic) bond motifs is 2. The van der Waals surface area contributed by atoms with E-state index in [0.29, 0.717) is 19.5 Å². The molecule has 2 aromatic heterocycles. The molecule has 0 saturated carbocycles. The molecule has 0 radical (unpaired) electrons. The van der Waals surface area contributed by atoms with E-state index in [-0.39, 0.29) is 5.91 Å². The second-order valence-corrected chi connectivity index (χ2v) is 6.58. The second kappa shape index (κ2) is 7.04. The highest BCUT2D eigenvalue weighted by atomic mass is 16.1. The van der Waals surface area contributed by atoms with Crippen LogP contribution >= 0.6 is 0 Å². The van der Waals surface area contributed by atoms with Crippen LogP contribution in [0.4, 0.5) is 0 Å². The Balaban J connectivity index is 1.31. The van der Waals surface area contributed by atoms with Crippen LogP contribution in [0.15, 0.2) is 54.9 Å². The highest BCUT2D eigenvalue weighted by Crippen LogP contribution is 2.18. The first-order valence-corrected chi connectivity index (χ1v) is 8.95. The summed E-state index contributed by atoms with van der Waals surface area (Å²) in [4.78, 5) is 15.4. The summed E-state index contributed by atoms with van der Waals surface area (Å²) in [6.45, 7) is 3.30. The SMILES string of the molecule is Cc1cccc2c1cnn2CCC(=O)NCCc1c[nH]c2ccccc12. The predicted molar refractivity (Wildman–Crippen MR) is 104 cm³/mol. The summed E-state index contributed by atoms with van der Waals surface area (Å²) in [5.41, 5.74) is 4.65. The second-order valence-electron chi connectivity index (χ2n) is 6.58. The van der Waals surface area contributed by atoms with Gasteiger partial charge >= 0.3 is 0 Å². The van der Waals surface area contributed by atoms with E-state index in [4.69, 9.17) is 0 Å². The van der Waals surface area contributed by atoms with Crippen molar-refractivity contribution in [1.82, 2.24) is 20.1 Å². The van der Waals surface area contributed by atoms with Crippen LogP contribution in [0.5, 0.6) is 0 Å². The molecule has 132 valence electrons. The Morgan fingerprint density at radius 3 is 2.96 bits per heavy atom. The molecule has 2 N–H and O–H groups in total. The third-order valence-corrected chi connectivity index (χ3v) is 4.85. The Kier molecular flexibility index (Phi) is 4.44. The molecule has 0 saturated heterocycles. The molecule has 0 atom stereocenters. The Morgan fingerprint density at radius 2 is 2.04 bits per heavy atom. The molecular formula is C21H22N4O. The van der Waals surface area contributed by atoms with E-state index in [1.807, 2.05) is 41.3 Å². The minimum absolute atomic E-state index is 0.0566. The molecule has 5 nitrogen and oxygen atoms in total. The molecule has 4 aromatic rings. The lowest BCUT2D eigenvalue weighted by Gasteiger charge is -2.06. The van der Waals surface area contributed by atoms with Gasteiger partial charge in [-0.05, 0) is 36.6 Å². The van der Waals surface area contributed by atoms with Crippen molar-refractivity contribution in [2.75, 3.05) is 6.54 Å². The summed E-state index contributed by atoms with van der Waals surface area (Å²) in [7, 11) is 0. The van der Waals surface area contributed by atoms with Crippen molar-refractivity contribution in [1.29, 1.82) is 0 Å². The van der Waals surface area contributed by atoms with Crippen molar-refractivity contribution in [3.63, 3.8) is 0 Å². The smallest absolute Gasteiger partial charge is 0.221 e. The minimum Gasteiger partial charge on any atom is -0.361 e. The third kappa shape index (κ3) is 3.20. The summed E-state index contributed by atoms with van der Waals surface area (Å²) in [5.74, 6) is 0.0566. The highest BCUT2D eigenvalue weighted by Gasteiger charge is 2.08. The molecule has 0 fully saturated rings. The number of aromatic amines is 1. The maximum Gasteiger partial charge on any atom is 0.221 e. The number of rotatable bonds is 6. The molecular weight excluding hydrogens is 324 g/mol. The number of carbonyl (C=O) groups is 1. The highest BCUT2D eigenvalue weighted by molar-refractivity contribution is 5.83. The number of aromatic nitrogens is 3. The molecule has 0 spiro atoms. The predicted octanol–water partition coefficient (Wildman–Crippen LogP) is 3.58. The summed E-state index contributed by atoms with van der Waals surface area (Å²) in [5, 5.41) is 9.80. The molecule has 2 aromatic carbocycles. The molecule has 4 rings (SSSR count). The van der Waals surface area contributed by atoms with Gasteiger partial charge in [0.1, 0.15) is 0 Å². The molecule has 1 amide bonds. The zero-order valence-corrected chi connectivity index (χ0v) is 14.8. The number of nitrogens with one attached hydrogen (secondary N) is 2. The standard InChI is InChI=1S/C21H22N4O/c1-15-5-4-8-20-18(15)14-24-25(20)12-10-21(26)22-11-9-16-13-23-19-7-3-2-6-17(16)19/h2-8,13-14,23H,9-12H2,1H3,(H,22,26). The lowest BCUT2D eigenvalue weighted by molar-refractivity contribution is -0.121. The van der Waals surface area contributed by atoms with Crippen LogP contribution in [-0.2, 0) is 17.8 Å². The van der Waals surface area contributed by atoms with Crippen molar-refractivity contribution in [2.24, 2.45) is 0 Å². The zero-order valence-electron chi connectivity index (χ0n) is 14.8. The molecule has 5 heteroatoms. The molecule has 26 heavy (non-hydrogen) atoms. The Bertz CT molecular complexity index is 1060. The van der Waals surface area contributed by atoms with Crippen molar-refractivity contribution in [2.45, 2.75) is 26.3 Å². The first-order valence-electron chi connectivity index (χ1n) is 8.95. The fourth-order valence-corrected chi connectivity index (χ4v) is 3.40. The summed E-state index contributed by atoms with van der Waals surface area (Å²) in [6, 6.07) is 14.4. The van der Waals surface area contributed by atoms with E-state index >= 15 is 0 Å². The molecule has 0 aliphatic heterocycles. The van der Waals surface area contributed by atoms with Gasteiger partial charge in [0.05, 0.1) is 18.3 Å². The summed E-state index contributed by atoms with van der Waals surface area (Å²) >= 11 is 0. The number of aryl methyl sites for hydroxylation is 2. The van der Waals surface area contributed by atoms with Gasteiger partial charge in [0.2, 0.25) is 5.91 Å². The van der Waals surface area contributed by atoms with Gasteiger partial charge in [0, 0.05) is 35.5 Å². The van der Waals surface area contributed by atoms with Crippen LogP contribution in [-0.4, -0.2) is 27.2 Å². The van der Waals surface area contributed by atoms with Crippen LogP contribution in [0, 0.1) is 6.92 Å². The summed E-state index contributed by atoms with van der Waals surface area (Å²) < 4.78 is 1.90. The van der Waals surface area contributed by atoms with Gasteiger partial charge in [-0.1, -0.05) is 30.3 Å². The van der Waals surface area contributed by atoms with Crippen LogP contribution in [0.3, 0.4) is 0 Å². The van der Waals surface area contributed by atoms with Gasteiger partial charge < -0.3 is 10.3 Å². The number of para-hydroxylation sites is 1. The normalized spacial score (nSPS) is 11.3. The van der Waals surface area contributed by atoms with Crippen molar-refractivity contribution >= 4 is 27.7 Å². The monoisotopic (exact) mass is 346 g/mol. The molecule has 0 bridgehead atoms. The van der Waals surface area contributed by atoms with Gasteiger partial charge in [-0.25, -0.2) is 0 Å². The fraction of sp³-hybridized carbons (Fsp3) is 0.238. The maximum absolute atomic E-state index is 12.2. The van der Waals surface area contributed by atoms with Gasteiger partial charge in [-0.2, -0.15) is 5.10 Å². The first kappa shape index (κ1) is 16.4. The molecule has 0 unspecified atom stereocenters. The maximum atomic E-state index is 12.2. The molecule has 0 aliphatic rings. The van der Waals surface area contributed by atoms with Gasteiger partial charge in [0.15, 0.2) is 0 Å². The van der Waals surface area contributed by atoms with Crippen molar-refractivity contribution in [3.8, 4) is 0 Å². The number of carbonyl (C=O) groups excluding carboxylic acids is 1. The van der Waals surface area contributed by atoms with E-state index in [0.717, 1.165) is 22.8 Å². The van der Waals surface area contributed by atoms with Crippen LogP contribution in [0.1, 0.15) is 17.5 Å². The van der Waals surface area contributed by atoms with E-state index in [1.165, 1.54) is 16.5 Å². The topological polar surface area (TPSA) is 62.7 Å². The van der Waals surface area contributed by atoms with Crippen molar-refractivity contribution < 1.29 is 4.79 Å². The lowest BCUT2D eigenvalue weighted by atomic mass is 10.1. The average Bonchev–Trinajstić information content (AvgIpc) is 3.25. The Morgan fingerprint density at radius 1 is 1.15 bits per heavy atom. The van der Waals surface area contributed by atoms with E-state index in [2.05, 4.69) is 40.5 Å². The number of nitrogens with zero attached hydrogens (tertiary/aromatic N) is 2. The average molecular weight is 346 g/mol. The van der Waals surface area contributed by atoms with Gasteiger partial charge in [0.25, 0.3) is 0 Å². The molecule has 0 aliphatic carbocycles. The Hall–Kier alpha value is -3.08. The van der Waals surface area contributed by atoms with Gasteiger partial charge in [-0.3, -0.25) is 9.48 Å². The first-order chi connectivity index (χ1) is 12.7. The van der Waals surface area contributed by atoms with Crippen molar-refractivity contribution in [3.05, 3.63) is 66.0 Å².